The Morgan fingerprint density at radius 1 is 0.200 bits per heavy atom. The largest absolute Gasteiger partial charge is 0.139 e. The van der Waals surface area contributed by atoms with E-state index in [1.807, 2.05) is 204 Å². The van der Waals surface area contributed by atoms with Crippen molar-refractivity contribution in [2.24, 2.45) is 0 Å². The highest BCUT2D eigenvalue weighted by molar-refractivity contribution is 14.1. The van der Waals surface area contributed by atoms with Gasteiger partial charge >= 0.3 is 0 Å². The first kappa shape index (κ1) is 68.6. The van der Waals surface area contributed by atoms with Crippen LogP contribution in [0.5, 0.6) is 0 Å². The summed E-state index contributed by atoms with van der Waals surface area (Å²) in [6.45, 7) is 13.1. The van der Waals surface area contributed by atoms with E-state index in [0.29, 0.717) is 0 Å². The van der Waals surface area contributed by atoms with E-state index < -0.39 is 0 Å². The van der Waals surface area contributed by atoms with Crippen molar-refractivity contribution in [1.29, 1.82) is 0 Å². The minimum absolute atomic E-state index is 1.19. The minimum atomic E-state index is 1.19. The molecule has 0 aliphatic carbocycles. The van der Waals surface area contributed by atoms with Crippen LogP contribution < -0.4 is 0 Å². The Labute approximate surface area is 719 Å². The fourth-order valence-corrected chi connectivity index (χ4v) is 49.3. The van der Waals surface area contributed by atoms with Crippen LogP contribution >= 0.6 is 435 Å². The van der Waals surface area contributed by atoms with Crippen molar-refractivity contribution in [2.45, 2.75) is 41.5 Å². The van der Waals surface area contributed by atoms with Crippen molar-refractivity contribution >= 4 is 520 Å². The predicted molar refractivity (Wildman–Crippen MR) is 502 cm³/mol. The first-order chi connectivity index (χ1) is 43.0. The summed E-state index contributed by atoms with van der Waals surface area (Å²) in [4.78, 5) is 24.8. The standard InChI is InChI=1S/C20H8Br4S6.C20H8Br2I2S6.C20H8I4S6/c1-5-3-7(21)11(25-5)13-9(23)15-17(27-13)19-20(29-15)18-16(30-19)10(24)14(28-18)12-8(22)4-6(2)26-12;1-5-3-7(23)11(25-5)13-9(21)15-17(27-13)19-20(29-15)18-16(30-19)10(22)14(28-18)12-8(24)4-6(2)26-12;1-5-3-7(21)11(25-5)13-9(23)15-17(27-13)19-20(29-15)18-16(30-19)10(24)14(28-18)12-8(22)4-6(2)26-12/h3*3-4H,1-2H3. The van der Waals surface area contributed by atoms with Crippen molar-refractivity contribution in [3.8, 4) is 58.5 Å². The minimum Gasteiger partial charge on any atom is -0.139 e. The first-order valence-electron chi connectivity index (χ1n) is 25.8. The Hall–Kier alpha value is 4.20. The Balaban J connectivity index is 0.000000108. The summed E-state index contributed by atoms with van der Waals surface area (Å²) in [5.41, 5.74) is 0. The van der Waals surface area contributed by atoms with E-state index in [4.69, 9.17) is 0 Å². The van der Waals surface area contributed by atoms with Gasteiger partial charge in [0, 0.05) is 52.5 Å². The van der Waals surface area contributed by atoms with Crippen molar-refractivity contribution in [3.63, 3.8) is 0 Å². The molecule has 0 unspecified atom stereocenters. The molecule has 0 aliphatic heterocycles. The van der Waals surface area contributed by atoms with Gasteiger partial charge in [-0.15, -0.1) is 204 Å². The topological polar surface area (TPSA) is 0 Å². The lowest BCUT2D eigenvalue weighted by atomic mass is 10.3. The molecule has 0 N–H and O–H groups in total. The lowest BCUT2D eigenvalue weighted by Crippen LogP contribution is -1.72. The van der Waals surface area contributed by atoms with Crippen molar-refractivity contribution in [2.75, 3.05) is 0 Å². The third-order valence-corrected chi connectivity index (χ3v) is 53.4. The van der Waals surface area contributed by atoms with Crippen LogP contribution in [-0.4, -0.2) is 0 Å². The van der Waals surface area contributed by atoms with Gasteiger partial charge in [0.1, 0.15) is 0 Å². The van der Waals surface area contributed by atoms with Gasteiger partial charge in [0.05, 0.1) is 168 Å². The highest BCUT2D eigenvalue weighted by Crippen LogP contribution is 2.63. The quantitative estimate of drug-likeness (QED) is 0.146. The average Bonchev–Trinajstić information content (AvgIpc) is 1.60. The Morgan fingerprint density at radius 2 is 0.389 bits per heavy atom. The number of aryl methyl sites for hydroxylation is 6. The van der Waals surface area contributed by atoms with Crippen LogP contribution in [0.15, 0.2) is 63.2 Å². The molecule has 18 heterocycles. The average molecular weight is 2560 g/mol. The van der Waals surface area contributed by atoms with Crippen molar-refractivity contribution < 1.29 is 0 Å². The summed E-state index contributed by atoms with van der Waals surface area (Å²) < 4.78 is 41.6. The molecule has 0 amide bonds. The van der Waals surface area contributed by atoms with Gasteiger partial charge in [-0.25, -0.2) is 0 Å². The van der Waals surface area contributed by atoms with E-state index in [1.165, 1.54) is 221 Å². The van der Waals surface area contributed by atoms with Crippen molar-refractivity contribution in [3.05, 3.63) is 114 Å². The van der Waals surface area contributed by atoms with Crippen LogP contribution in [-0.2, 0) is 0 Å². The van der Waals surface area contributed by atoms with Crippen LogP contribution in [0.4, 0.5) is 0 Å². The molecule has 0 spiro atoms. The highest BCUT2D eigenvalue weighted by Gasteiger charge is 2.30. The summed E-state index contributed by atoms with van der Waals surface area (Å²) in [5.74, 6) is 0. The monoisotopic (exact) mass is 2550 g/mol. The highest BCUT2D eigenvalue weighted by atomic mass is 127. The zero-order valence-corrected chi connectivity index (χ0v) is 82.5. The molecule has 90 heavy (non-hydrogen) atoms. The van der Waals surface area contributed by atoms with Crippen LogP contribution in [0.3, 0.4) is 0 Å². The van der Waals surface area contributed by atoms with Crippen LogP contribution in [0.25, 0.3) is 143 Å². The smallest absolute Gasteiger partial charge is 0.0651 e. The summed E-state index contributed by atoms with van der Waals surface area (Å²) in [6, 6.07) is 13.6. The maximum absolute atomic E-state index is 3.95. The van der Waals surface area contributed by atoms with Gasteiger partial charge in [-0.05, 0) is 309 Å². The molecule has 0 fully saturated rings. The Bertz CT molecular complexity index is 5070. The summed E-state index contributed by atoms with van der Waals surface area (Å²) in [7, 11) is 0. The maximum Gasteiger partial charge on any atom is 0.0651 e. The number of hydrogen-bond acceptors (Lipinski definition) is 18. The zero-order chi connectivity index (χ0) is 62.7. The van der Waals surface area contributed by atoms with E-state index in [9.17, 15) is 0 Å². The molecule has 0 saturated carbocycles. The lowest BCUT2D eigenvalue weighted by Gasteiger charge is -1.96. The Morgan fingerprint density at radius 3 is 0.622 bits per heavy atom. The zero-order valence-electron chi connectivity index (χ0n) is 45.3. The molecule has 0 atom stereocenters. The molecule has 0 nitrogen and oxygen atoms in total. The van der Waals surface area contributed by atoms with E-state index >= 15 is 0 Å². The van der Waals surface area contributed by atoms with Gasteiger partial charge in [-0.1, -0.05) is 0 Å². The van der Waals surface area contributed by atoms with Gasteiger partial charge in [-0.2, -0.15) is 0 Å². The van der Waals surface area contributed by atoms with Crippen LogP contribution in [0.1, 0.15) is 29.3 Å². The summed E-state index contributed by atoms with van der Waals surface area (Å²) in [6.07, 6.45) is 0. The number of rotatable bonds is 6. The van der Waals surface area contributed by atoms with Gasteiger partial charge in [0.25, 0.3) is 0 Å². The molecule has 0 aromatic carbocycles. The molecule has 18 rings (SSSR count). The van der Waals surface area contributed by atoms with Crippen LogP contribution in [0.2, 0.25) is 0 Å². The second kappa shape index (κ2) is 26.7. The number of fused-ring (bicyclic) bond motifs is 15. The Kier molecular flexibility index (Phi) is 20.4. The molecule has 18 aromatic rings. The number of hydrogen-bond donors (Lipinski definition) is 0. The van der Waals surface area contributed by atoms with Gasteiger partial charge < -0.3 is 0 Å². The third-order valence-electron chi connectivity index (χ3n) is 14.0. The molecular weight excluding hydrogens is 2540 g/mol. The van der Waals surface area contributed by atoms with E-state index in [0.717, 1.165) is 0 Å². The van der Waals surface area contributed by atoms with Gasteiger partial charge in [0.2, 0.25) is 0 Å². The fraction of sp³-hybridized carbons (Fsp3) is 0.100. The van der Waals surface area contributed by atoms with Crippen LogP contribution in [0, 0.1) is 63.0 Å². The summed E-state index contributed by atoms with van der Waals surface area (Å²) in [5, 5.41) is 0. The molecule has 0 radical (unpaired) electrons. The lowest BCUT2D eigenvalue weighted by molar-refractivity contribution is 1.62. The molecule has 456 valence electrons. The molecule has 0 aliphatic rings. The molecule has 0 saturated heterocycles. The van der Waals surface area contributed by atoms with E-state index in [2.05, 4.69) is 309 Å². The third kappa shape index (κ3) is 11.7. The summed E-state index contributed by atoms with van der Waals surface area (Å²) >= 11 is 73.1. The number of thiophene rings is 18. The number of halogens is 12. The maximum atomic E-state index is 3.95. The van der Waals surface area contributed by atoms with E-state index in [-0.39, 0.29) is 0 Å². The van der Waals surface area contributed by atoms with E-state index in [1.54, 1.807) is 0 Å². The second-order valence-electron chi connectivity index (χ2n) is 20.2. The fourth-order valence-electron chi connectivity index (χ4n) is 10.3. The normalized spacial score (nSPS) is 12.3. The molecule has 0 bridgehead atoms. The SMILES string of the molecule is Cc1cc(Br)c(-c2sc3c(sc4c5sc(-c6sc(C)cc6Br)c(Br)c5sc34)c2Br)s1.Cc1cc(I)c(-c2sc3c(sc4c5sc(-c6sc(C)cc6I)c(Br)c5sc34)c2Br)s1.Cc1cc(I)c(-c2sc3c(sc4c5sc(-c6sc(C)cc6I)c(I)c5sc34)c2I)s1. The second-order valence-corrected chi connectivity index (χ2v) is 51.7. The van der Waals surface area contributed by atoms with Gasteiger partial charge in [-0.3, -0.25) is 0 Å². The van der Waals surface area contributed by atoms with Gasteiger partial charge in [0.15, 0.2) is 0 Å². The van der Waals surface area contributed by atoms with Crippen molar-refractivity contribution in [1.82, 2.24) is 0 Å². The first-order valence-corrected chi connectivity index (χ1v) is 51.8. The predicted octanol–water partition coefficient (Wildman–Crippen LogP) is 36.6. The molecular formula is C60H24Br6I6S18. The molecule has 18 aromatic heterocycles. The molecule has 30 heteroatoms.